The average molecular weight is 410 g/mol. The number of carbonyl (C=O) groups excluding carboxylic acids is 2. The van der Waals surface area contributed by atoms with Crippen LogP contribution < -0.4 is 4.74 Å². The Labute approximate surface area is 167 Å². The van der Waals surface area contributed by atoms with Crippen molar-refractivity contribution in [3.63, 3.8) is 0 Å². The summed E-state index contributed by atoms with van der Waals surface area (Å²) in [7, 11) is 2.99. The van der Waals surface area contributed by atoms with Gasteiger partial charge in [-0.1, -0.05) is 23.9 Å². The van der Waals surface area contributed by atoms with E-state index >= 15 is 0 Å². The molecule has 2 aromatic rings. The number of methoxy groups -OCH3 is 2. The molecule has 0 saturated carbocycles. The van der Waals surface area contributed by atoms with Crippen LogP contribution in [0.5, 0.6) is 5.75 Å². The van der Waals surface area contributed by atoms with E-state index in [1.807, 2.05) is 31.2 Å². The van der Waals surface area contributed by atoms with Gasteiger partial charge in [-0.25, -0.2) is 4.98 Å². The number of rotatable bonds is 10. The first-order valence-corrected chi connectivity index (χ1v) is 10.3. The summed E-state index contributed by atoms with van der Waals surface area (Å²) in [5.74, 6) is 1.06. The maximum atomic E-state index is 11.8. The Bertz CT molecular complexity index is 758. The summed E-state index contributed by atoms with van der Waals surface area (Å²) in [6.07, 6.45) is 1.32. The van der Waals surface area contributed by atoms with Gasteiger partial charge in [0, 0.05) is 17.1 Å². The standard InChI is InChI=1S/C19H23NO5S2/c1-13-16(11-18(22)24-3)27-19(20-13)26-10-4-5-17(21)25-12-14-6-8-15(23-2)9-7-14/h6-9H,4-5,10-12H2,1-3H3. The maximum absolute atomic E-state index is 11.8. The van der Waals surface area contributed by atoms with E-state index in [-0.39, 0.29) is 25.0 Å². The van der Waals surface area contributed by atoms with Gasteiger partial charge in [-0.15, -0.1) is 11.3 Å². The molecule has 146 valence electrons. The number of nitrogens with zero attached hydrogens (tertiary/aromatic N) is 1. The van der Waals surface area contributed by atoms with Crippen molar-refractivity contribution in [1.82, 2.24) is 4.98 Å². The SMILES string of the molecule is COC(=O)Cc1sc(SCCCC(=O)OCc2ccc(OC)cc2)nc1C. The van der Waals surface area contributed by atoms with Crippen LogP contribution in [-0.2, 0) is 32.1 Å². The van der Waals surface area contributed by atoms with Crippen molar-refractivity contribution in [2.45, 2.75) is 37.1 Å². The van der Waals surface area contributed by atoms with Crippen molar-refractivity contribution < 1.29 is 23.8 Å². The summed E-state index contributed by atoms with van der Waals surface area (Å²) in [5, 5.41) is 0. The number of ether oxygens (including phenoxy) is 3. The van der Waals surface area contributed by atoms with Gasteiger partial charge >= 0.3 is 11.9 Å². The van der Waals surface area contributed by atoms with E-state index in [0.717, 1.165) is 32.0 Å². The summed E-state index contributed by atoms with van der Waals surface area (Å²) in [6, 6.07) is 7.42. The monoisotopic (exact) mass is 409 g/mol. The Morgan fingerprint density at radius 1 is 1.15 bits per heavy atom. The van der Waals surface area contributed by atoms with Crippen LogP contribution in [0, 0.1) is 6.92 Å². The van der Waals surface area contributed by atoms with Crippen LogP contribution >= 0.6 is 23.1 Å². The Hall–Kier alpha value is -2.06. The highest BCUT2D eigenvalue weighted by Crippen LogP contribution is 2.28. The lowest BCUT2D eigenvalue weighted by Crippen LogP contribution is -2.04. The van der Waals surface area contributed by atoms with Gasteiger partial charge in [0.05, 0.1) is 26.3 Å². The van der Waals surface area contributed by atoms with E-state index < -0.39 is 0 Å². The molecule has 0 radical (unpaired) electrons. The predicted molar refractivity (Wildman–Crippen MR) is 105 cm³/mol. The Morgan fingerprint density at radius 3 is 2.56 bits per heavy atom. The number of thiazole rings is 1. The maximum Gasteiger partial charge on any atom is 0.310 e. The van der Waals surface area contributed by atoms with Crippen molar-refractivity contribution in [2.75, 3.05) is 20.0 Å². The normalized spacial score (nSPS) is 10.5. The van der Waals surface area contributed by atoms with Gasteiger partial charge in [-0.3, -0.25) is 9.59 Å². The first kappa shape index (κ1) is 21.2. The molecule has 0 bridgehead atoms. The Morgan fingerprint density at radius 2 is 1.89 bits per heavy atom. The quantitative estimate of drug-likeness (QED) is 0.336. The highest BCUT2D eigenvalue weighted by atomic mass is 32.2. The van der Waals surface area contributed by atoms with Crippen LogP contribution in [0.3, 0.4) is 0 Å². The zero-order valence-electron chi connectivity index (χ0n) is 15.6. The minimum absolute atomic E-state index is 0.215. The molecule has 0 unspecified atom stereocenters. The lowest BCUT2D eigenvalue weighted by molar-refractivity contribution is -0.145. The summed E-state index contributed by atoms with van der Waals surface area (Å²) in [6.45, 7) is 2.15. The van der Waals surface area contributed by atoms with Crippen molar-refractivity contribution in [2.24, 2.45) is 0 Å². The van der Waals surface area contributed by atoms with Crippen LogP contribution in [0.15, 0.2) is 28.6 Å². The van der Waals surface area contributed by atoms with Gasteiger partial charge < -0.3 is 14.2 Å². The molecular formula is C19H23NO5S2. The molecule has 0 fully saturated rings. The van der Waals surface area contributed by atoms with Crippen molar-refractivity contribution in [3.05, 3.63) is 40.4 Å². The molecule has 0 atom stereocenters. The second kappa shape index (κ2) is 10.9. The summed E-state index contributed by atoms with van der Waals surface area (Å²) < 4.78 is 16.0. The lowest BCUT2D eigenvalue weighted by Gasteiger charge is -2.05. The van der Waals surface area contributed by atoms with Crippen LogP contribution in [0.2, 0.25) is 0 Å². The minimum Gasteiger partial charge on any atom is -0.497 e. The van der Waals surface area contributed by atoms with Crippen LogP contribution in [0.4, 0.5) is 0 Å². The lowest BCUT2D eigenvalue weighted by atomic mass is 10.2. The van der Waals surface area contributed by atoms with Gasteiger partial charge in [-0.05, 0) is 31.0 Å². The number of thioether (sulfide) groups is 1. The molecule has 6 nitrogen and oxygen atoms in total. The van der Waals surface area contributed by atoms with Crippen molar-refractivity contribution >= 4 is 35.0 Å². The molecule has 1 heterocycles. The predicted octanol–water partition coefficient (Wildman–Crippen LogP) is 3.79. The van der Waals surface area contributed by atoms with E-state index in [1.54, 1.807) is 18.9 Å². The second-order valence-corrected chi connectivity index (χ2v) is 8.13. The molecule has 0 spiro atoms. The zero-order valence-corrected chi connectivity index (χ0v) is 17.3. The number of hydrogen-bond donors (Lipinski definition) is 0. The van der Waals surface area contributed by atoms with E-state index in [1.165, 1.54) is 18.4 Å². The molecule has 0 N–H and O–H groups in total. The van der Waals surface area contributed by atoms with Gasteiger partial charge in [0.1, 0.15) is 16.7 Å². The molecule has 8 heteroatoms. The number of esters is 2. The zero-order chi connectivity index (χ0) is 19.6. The average Bonchev–Trinajstić information content (AvgIpc) is 3.03. The Balaban J connectivity index is 1.66. The van der Waals surface area contributed by atoms with Gasteiger partial charge in [0.2, 0.25) is 0 Å². The molecule has 2 rings (SSSR count). The smallest absolute Gasteiger partial charge is 0.310 e. The Kier molecular flexibility index (Phi) is 8.60. The molecule has 0 amide bonds. The minimum atomic E-state index is -0.266. The molecular weight excluding hydrogens is 386 g/mol. The van der Waals surface area contributed by atoms with Crippen LogP contribution in [0.1, 0.15) is 29.0 Å². The number of hydrogen-bond acceptors (Lipinski definition) is 8. The molecule has 27 heavy (non-hydrogen) atoms. The second-order valence-electron chi connectivity index (χ2n) is 5.70. The third kappa shape index (κ3) is 7.22. The number of carbonyl (C=O) groups is 2. The fraction of sp³-hybridized carbons (Fsp3) is 0.421. The molecule has 0 aliphatic carbocycles. The number of aromatic nitrogens is 1. The third-order valence-corrected chi connectivity index (χ3v) is 6.10. The highest BCUT2D eigenvalue weighted by molar-refractivity contribution is 8.01. The number of benzene rings is 1. The molecule has 0 aliphatic rings. The fourth-order valence-electron chi connectivity index (χ4n) is 2.16. The number of aryl methyl sites for hydroxylation is 1. The molecule has 1 aromatic heterocycles. The van der Waals surface area contributed by atoms with E-state index in [9.17, 15) is 9.59 Å². The van der Waals surface area contributed by atoms with Crippen molar-refractivity contribution in [3.8, 4) is 5.75 Å². The van der Waals surface area contributed by atoms with Gasteiger partial charge in [0.15, 0.2) is 0 Å². The topological polar surface area (TPSA) is 74.7 Å². The molecule has 0 aliphatic heterocycles. The van der Waals surface area contributed by atoms with Crippen LogP contribution in [0.25, 0.3) is 0 Å². The molecule has 1 aromatic carbocycles. The highest BCUT2D eigenvalue weighted by Gasteiger charge is 2.12. The van der Waals surface area contributed by atoms with Crippen LogP contribution in [-0.4, -0.2) is 36.9 Å². The van der Waals surface area contributed by atoms with Gasteiger partial charge in [-0.2, -0.15) is 0 Å². The van der Waals surface area contributed by atoms with E-state index in [4.69, 9.17) is 9.47 Å². The fourth-order valence-corrected chi connectivity index (χ4v) is 4.39. The summed E-state index contributed by atoms with van der Waals surface area (Å²) in [5.41, 5.74) is 1.78. The molecule has 0 saturated heterocycles. The van der Waals surface area contributed by atoms with Crippen molar-refractivity contribution in [1.29, 1.82) is 0 Å². The van der Waals surface area contributed by atoms with E-state index in [0.29, 0.717) is 12.8 Å². The first-order chi connectivity index (χ1) is 13.0. The third-order valence-electron chi connectivity index (χ3n) is 3.72. The van der Waals surface area contributed by atoms with E-state index in [2.05, 4.69) is 9.72 Å². The largest absolute Gasteiger partial charge is 0.497 e. The summed E-state index contributed by atoms with van der Waals surface area (Å²) >= 11 is 3.08. The first-order valence-electron chi connectivity index (χ1n) is 8.46. The summed E-state index contributed by atoms with van der Waals surface area (Å²) in [4.78, 5) is 28.6. The van der Waals surface area contributed by atoms with Gasteiger partial charge in [0.25, 0.3) is 0 Å².